The van der Waals surface area contributed by atoms with Gasteiger partial charge in [0.05, 0.1) is 5.69 Å². The van der Waals surface area contributed by atoms with Gasteiger partial charge < -0.3 is 14.6 Å². The Labute approximate surface area is 121 Å². The summed E-state index contributed by atoms with van der Waals surface area (Å²) in [5, 5.41) is 3.71. The van der Waals surface area contributed by atoms with Crippen LogP contribution in [0.25, 0.3) is 0 Å². The van der Waals surface area contributed by atoms with Crippen LogP contribution >= 0.6 is 0 Å². The Morgan fingerprint density at radius 3 is 3.00 bits per heavy atom. The van der Waals surface area contributed by atoms with Gasteiger partial charge in [0.2, 0.25) is 5.95 Å². The Balaban J connectivity index is 1.58. The van der Waals surface area contributed by atoms with E-state index in [-0.39, 0.29) is 0 Å². The van der Waals surface area contributed by atoms with Gasteiger partial charge in [0.25, 0.3) is 0 Å². The fraction of sp³-hybridized carbons (Fsp3) is 0.812. The van der Waals surface area contributed by atoms with Gasteiger partial charge in [0.1, 0.15) is 0 Å². The molecule has 0 saturated heterocycles. The summed E-state index contributed by atoms with van der Waals surface area (Å²) in [4.78, 5) is 4.67. The molecule has 0 amide bonds. The van der Waals surface area contributed by atoms with E-state index in [2.05, 4.69) is 28.0 Å². The van der Waals surface area contributed by atoms with Crippen molar-refractivity contribution in [3.05, 3.63) is 11.9 Å². The first-order chi connectivity index (χ1) is 9.76. The number of rotatable bonds is 7. The van der Waals surface area contributed by atoms with Gasteiger partial charge in [-0.2, -0.15) is 0 Å². The van der Waals surface area contributed by atoms with E-state index in [4.69, 9.17) is 4.74 Å². The van der Waals surface area contributed by atoms with E-state index in [1.54, 1.807) is 0 Å². The summed E-state index contributed by atoms with van der Waals surface area (Å²) in [5.41, 5.74) is 1.10. The van der Waals surface area contributed by atoms with Crippen molar-refractivity contribution >= 4 is 5.95 Å². The zero-order valence-electron chi connectivity index (χ0n) is 12.8. The van der Waals surface area contributed by atoms with Gasteiger partial charge in [-0.3, -0.25) is 0 Å². The highest BCUT2D eigenvalue weighted by Gasteiger charge is 2.39. The van der Waals surface area contributed by atoms with Crippen LogP contribution in [0.15, 0.2) is 6.20 Å². The lowest BCUT2D eigenvalue weighted by Crippen LogP contribution is -2.27. The van der Waals surface area contributed by atoms with Gasteiger partial charge in [-0.1, -0.05) is 6.42 Å². The van der Waals surface area contributed by atoms with Crippen molar-refractivity contribution in [2.75, 3.05) is 18.5 Å². The predicted molar refractivity (Wildman–Crippen MR) is 80.9 cm³/mol. The van der Waals surface area contributed by atoms with Crippen LogP contribution in [-0.2, 0) is 11.3 Å². The Bertz CT molecular complexity index is 443. The number of imidazole rings is 1. The third-order valence-corrected chi connectivity index (χ3v) is 4.84. The first kappa shape index (κ1) is 13.9. The lowest BCUT2D eigenvalue weighted by Gasteiger charge is -2.23. The third-order valence-electron chi connectivity index (χ3n) is 4.84. The van der Waals surface area contributed by atoms with Crippen LogP contribution in [0.4, 0.5) is 5.95 Å². The second-order valence-corrected chi connectivity index (χ2v) is 6.38. The summed E-state index contributed by atoms with van der Waals surface area (Å²) >= 11 is 0. The predicted octanol–water partition coefficient (Wildman–Crippen LogP) is 3.22. The SMILES string of the molecule is CCOCCCn1cc(C)nc1NC1CC2CCC1C2. The van der Waals surface area contributed by atoms with E-state index in [9.17, 15) is 0 Å². The molecular weight excluding hydrogens is 250 g/mol. The standard InChI is InChI=1S/C16H27N3O/c1-3-20-8-4-7-19-11-12(2)17-16(19)18-15-10-13-5-6-14(15)9-13/h11,13-15H,3-10H2,1-2H3,(H,17,18). The minimum absolute atomic E-state index is 0.654. The zero-order valence-corrected chi connectivity index (χ0v) is 12.8. The maximum atomic E-state index is 5.42. The molecule has 0 aromatic carbocycles. The highest BCUT2D eigenvalue weighted by atomic mass is 16.5. The fourth-order valence-corrected chi connectivity index (χ4v) is 3.90. The van der Waals surface area contributed by atoms with Gasteiger partial charge in [-0.05, 0) is 51.4 Å². The molecule has 0 radical (unpaired) electrons. The second kappa shape index (κ2) is 6.17. The van der Waals surface area contributed by atoms with Gasteiger partial charge in [0, 0.05) is 32.0 Å². The Morgan fingerprint density at radius 1 is 1.40 bits per heavy atom. The molecule has 1 aromatic heterocycles. The van der Waals surface area contributed by atoms with Crippen molar-refractivity contribution in [3.63, 3.8) is 0 Å². The molecule has 3 rings (SSSR count). The monoisotopic (exact) mass is 277 g/mol. The van der Waals surface area contributed by atoms with Crippen molar-refractivity contribution in [2.45, 2.75) is 58.5 Å². The molecule has 2 aliphatic rings. The number of aryl methyl sites for hydroxylation is 2. The number of aromatic nitrogens is 2. The summed E-state index contributed by atoms with van der Waals surface area (Å²) in [7, 11) is 0. The molecule has 2 aliphatic carbocycles. The first-order valence-corrected chi connectivity index (χ1v) is 8.14. The van der Waals surface area contributed by atoms with Gasteiger partial charge in [-0.25, -0.2) is 4.98 Å². The summed E-state index contributed by atoms with van der Waals surface area (Å²) in [5.74, 6) is 2.92. The van der Waals surface area contributed by atoms with E-state index in [0.717, 1.165) is 49.7 Å². The maximum absolute atomic E-state index is 5.42. The summed E-state index contributed by atoms with van der Waals surface area (Å²) in [6.45, 7) is 6.75. The van der Waals surface area contributed by atoms with Crippen molar-refractivity contribution < 1.29 is 4.74 Å². The van der Waals surface area contributed by atoms with E-state index in [1.165, 1.54) is 25.7 Å². The summed E-state index contributed by atoms with van der Waals surface area (Å²) < 4.78 is 7.69. The highest BCUT2D eigenvalue weighted by molar-refractivity contribution is 5.31. The summed E-state index contributed by atoms with van der Waals surface area (Å²) in [6, 6.07) is 0.654. The number of ether oxygens (including phenoxy) is 1. The van der Waals surface area contributed by atoms with Crippen LogP contribution < -0.4 is 5.32 Å². The number of hydrogen-bond acceptors (Lipinski definition) is 3. The molecule has 0 aliphatic heterocycles. The molecule has 2 saturated carbocycles. The number of nitrogens with zero attached hydrogens (tertiary/aromatic N) is 2. The van der Waals surface area contributed by atoms with Crippen molar-refractivity contribution in [1.29, 1.82) is 0 Å². The van der Waals surface area contributed by atoms with Crippen LogP contribution in [0.3, 0.4) is 0 Å². The fourth-order valence-electron chi connectivity index (χ4n) is 3.90. The molecule has 1 heterocycles. The van der Waals surface area contributed by atoms with Crippen molar-refractivity contribution in [1.82, 2.24) is 9.55 Å². The van der Waals surface area contributed by atoms with E-state index < -0.39 is 0 Å². The average Bonchev–Trinajstić information content (AvgIpc) is 3.11. The van der Waals surface area contributed by atoms with Crippen LogP contribution in [0.2, 0.25) is 0 Å². The molecule has 4 heteroatoms. The molecule has 1 aromatic rings. The molecule has 2 bridgehead atoms. The molecule has 0 spiro atoms. The van der Waals surface area contributed by atoms with Gasteiger partial charge >= 0.3 is 0 Å². The topological polar surface area (TPSA) is 39.1 Å². The number of nitrogens with one attached hydrogen (secondary N) is 1. The minimum atomic E-state index is 0.654. The van der Waals surface area contributed by atoms with E-state index in [1.807, 2.05) is 6.92 Å². The minimum Gasteiger partial charge on any atom is -0.382 e. The molecule has 112 valence electrons. The highest BCUT2D eigenvalue weighted by Crippen LogP contribution is 2.45. The number of anilines is 1. The molecule has 3 atom stereocenters. The first-order valence-electron chi connectivity index (χ1n) is 8.14. The second-order valence-electron chi connectivity index (χ2n) is 6.38. The van der Waals surface area contributed by atoms with Gasteiger partial charge in [0.15, 0.2) is 0 Å². The van der Waals surface area contributed by atoms with Crippen molar-refractivity contribution in [2.24, 2.45) is 11.8 Å². The molecule has 2 fully saturated rings. The zero-order chi connectivity index (χ0) is 13.9. The van der Waals surface area contributed by atoms with E-state index in [0.29, 0.717) is 6.04 Å². The van der Waals surface area contributed by atoms with Crippen LogP contribution in [0.5, 0.6) is 0 Å². The largest absolute Gasteiger partial charge is 0.382 e. The number of hydrogen-bond donors (Lipinski definition) is 1. The average molecular weight is 277 g/mol. The number of fused-ring (bicyclic) bond motifs is 2. The molecule has 1 N–H and O–H groups in total. The van der Waals surface area contributed by atoms with Crippen molar-refractivity contribution in [3.8, 4) is 0 Å². The molecule has 20 heavy (non-hydrogen) atoms. The van der Waals surface area contributed by atoms with Crippen LogP contribution in [0, 0.1) is 18.8 Å². The van der Waals surface area contributed by atoms with Crippen LogP contribution in [0.1, 0.15) is 44.7 Å². The van der Waals surface area contributed by atoms with E-state index >= 15 is 0 Å². The summed E-state index contributed by atoms with van der Waals surface area (Å²) in [6.07, 6.45) is 8.84. The molecular formula is C16H27N3O. The normalized spacial score (nSPS) is 28.2. The lowest BCUT2D eigenvalue weighted by molar-refractivity contribution is 0.142. The lowest BCUT2D eigenvalue weighted by atomic mass is 9.95. The maximum Gasteiger partial charge on any atom is 0.203 e. The van der Waals surface area contributed by atoms with Gasteiger partial charge in [-0.15, -0.1) is 0 Å². The Hall–Kier alpha value is -1.03. The quantitative estimate of drug-likeness (QED) is 0.778. The Kier molecular flexibility index (Phi) is 4.29. The molecule has 3 unspecified atom stereocenters. The third kappa shape index (κ3) is 3.00. The molecule has 4 nitrogen and oxygen atoms in total. The smallest absolute Gasteiger partial charge is 0.203 e. The van der Waals surface area contributed by atoms with Crippen LogP contribution in [-0.4, -0.2) is 28.8 Å². The Morgan fingerprint density at radius 2 is 2.30 bits per heavy atom.